The van der Waals surface area contributed by atoms with E-state index in [0.29, 0.717) is 0 Å². The molecule has 1 N–H and O–H groups in total. The molecular weight excluding hydrogens is 466 g/mol. The summed E-state index contributed by atoms with van der Waals surface area (Å²) in [6.45, 7) is 3.87. The second-order valence-electron chi connectivity index (χ2n) is 7.33. The highest BCUT2D eigenvalue weighted by atomic mass is 35.5. The maximum atomic E-state index is 12.2. The summed E-state index contributed by atoms with van der Waals surface area (Å²) in [5, 5.41) is 3.40. The van der Waals surface area contributed by atoms with E-state index in [1.165, 1.54) is 7.11 Å². The molecule has 0 fully saturated rings. The standard InChI is InChI=1S/C17H21ClF3NO3.C6H5Cl/c1-10(2)12(9-16(24)25-3)11-4-5-13(18)14(8-11)22-15(23)6-7-17(19,20)21;7-6-4-2-1-3-5-6/h4-5,8,10,12H,6-7,9H2,1-3H3,(H,22,23);1-5H. The van der Waals surface area contributed by atoms with Crippen molar-refractivity contribution in [3.05, 3.63) is 64.1 Å². The van der Waals surface area contributed by atoms with E-state index in [1.807, 2.05) is 44.2 Å². The summed E-state index contributed by atoms with van der Waals surface area (Å²) in [6.07, 6.45) is -6.13. The number of carbonyl (C=O) groups excluding carboxylic acids is 2. The van der Waals surface area contributed by atoms with Gasteiger partial charge in [0, 0.05) is 11.4 Å². The monoisotopic (exact) mass is 491 g/mol. The van der Waals surface area contributed by atoms with E-state index in [2.05, 4.69) is 5.32 Å². The molecule has 4 nitrogen and oxygen atoms in total. The number of rotatable bonds is 7. The van der Waals surface area contributed by atoms with Crippen molar-refractivity contribution < 1.29 is 27.5 Å². The summed E-state index contributed by atoms with van der Waals surface area (Å²) >= 11 is 11.6. The number of benzene rings is 2. The zero-order chi connectivity index (χ0) is 24.3. The van der Waals surface area contributed by atoms with Crippen molar-refractivity contribution in [2.24, 2.45) is 5.92 Å². The van der Waals surface area contributed by atoms with Gasteiger partial charge in [-0.2, -0.15) is 13.2 Å². The molecule has 9 heteroatoms. The number of hydrogen-bond donors (Lipinski definition) is 1. The molecule has 0 aliphatic carbocycles. The number of hydrogen-bond acceptors (Lipinski definition) is 3. The van der Waals surface area contributed by atoms with Crippen LogP contribution in [-0.2, 0) is 14.3 Å². The van der Waals surface area contributed by atoms with E-state index in [1.54, 1.807) is 18.2 Å². The van der Waals surface area contributed by atoms with Gasteiger partial charge in [0.25, 0.3) is 0 Å². The Morgan fingerprint density at radius 2 is 1.69 bits per heavy atom. The number of methoxy groups -OCH3 is 1. The van der Waals surface area contributed by atoms with Gasteiger partial charge in [-0.15, -0.1) is 0 Å². The first-order chi connectivity index (χ1) is 14.9. The summed E-state index contributed by atoms with van der Waals surface area (Å²) in [5.41, 5.74) is 0.970. The van der Waals surface area contributed by atoms with Crippen LogP contribution in [0.2, 0.25) is 10.0 Å². The van der Waals surface area contributed by atoms with Crippen molar-refractivity contribution in [3.8, 4) is 0 Å². The highest BCUT2D eigenvalue weighted by Crippen LogP contribution is 2.33. The Kier molecular flexibility index (Phi) is 11.6. The molecule has 0 spiro atoms. The lowest BCUT2D eigenvalue weighted by molar-refractivity contribution is -0.142. The number of alkyl halides is 3. The number of esters is 1. The summed E-state index contributed by atoms with van der Waals surface area (Å²) in [4.78, 5) is 23.3. The molecule has 0 heterocycles. The third-order valence-corrected chi connectivity index (χ3v) is 5.06. The number of amides is 1. The molecule has 2 aromatic carbocycles. The van der Waals surface area contributed by atoms with E-state index in [-0.39, 0.29) is 34.9 Å². The van der Waals surface area contributed by atoms with Crippen LogP contribution in [0, 0.1) is 5.92 Å². The predicted octanol–water partition coefficient (Wildman–Crippen LogP) is 7.26. The lowest BCUT2D eigenvalue weighted by atomic mass is 9.85. The van der Waals surface area contributed by atoms with E-state index in [4.69, 9.17) is 27.9 Å². The van der Waals surface area contributed by atoms with Gasteiger partial charge in [0.05, 0.1) is 30.7 Å². The zero-order valence-corrected chi connectivity index (χ0v) is 19.5. The van der Waals surface area contributed by atoms with Crippen molar-refractivity contribution in [2.75, 3.05) is 12.4 Å². The first-order valence-corrected chi connectivity index (χ1v) is 10.6. The molecule has 0 saturated carbocycles. The van der Waals surface area contributed by atoms with Gasteiger partial charge in [0.2, 0.25) is 5.91 Å². The molecule has 2 aromatic rings. The lowest BCUT2D eigenvalue weighted by Gasteiger charge is -2.21. The summed E-state index contributed by atoms with van der Waals surface area (Å²) in [5.74, 6) is -1.21. The fourth-order valence-corrected chi connectivity index (χ4v) is 3.06. The summed E-state index contributed by atoms with van der Waals surface area (Å²) in [6, 6.07) is 14.3. The second-order valence-corrected chi connectivity index (χ2v) is 8.17. The Labute approximate surface area is 196 Å². The van der Waals surface area contributed by atoms with Crippen molar-refractivity contribution in [1.82, 2.24) is 0 Å². The molecule has 0 radical (unpaired) electrons. The normalized spacial score (nSPS) is 11.9. The van der Waals surface area contributed by atoms with Crippen molar-refractivity contribution in [2.45, 2.75) is 45.2 Å². The van der Waals surface area contributed by atoms with Crippen LogP contribution < -0.4 is 5.32 Å². The van der Waals surface area contributed by atoms with Gasteiger partial charge in [0.15, 0.2) is 0 Å². The molecular formula is C23H26Cl2F3NO3. The van der Waals surface area contributed by atoms with Crippen LogP contribution in [0.5, 0.6) is 0 Å². The van der Waals surface area contributed by atoms with Crippen LogP contribution in [0.4, 0.5) is 18.9 Å². The molecule has 1 amide bonds. The predicted molar refractivity (Wildman–Crippen MR) is 121 cm³/mol. The number of halogens is 5. The van der Waals surface area contributed by atoms with Gasteiger partial charge in [-0.1, -0.05) is 61.3 Å². The molecule has 2 rings (SSSR count). The largest absolute Gasteiger partial charge is 0.469 e. The molecule has 0 aliphatic heterocycles. The third-order valence-electron chi connectivity index (χ3n) is 4.48. The Morgan fingerprint density at radius 3 is 2.16 bits per heavy atom. The maximum absolute atomic E-state index is 12.2. The first kappa shape index (κ1) is 27.8. The molecule has 0 aliphatic rings. The molecule has 0 aromatic heterocycles. The lowest BCUT2D eigenvalue weighted by Crippen LogP contribution is -2.17. The van der Waals surface area contributed by atoms with Crippen molar-refractivity contribution in [3.63, 3.8) is 0 Å². The number of anilines is 1. The van der Waals surface area contributed by atoms with Crippen LogP contribution in [-0.4, -0.2) is 25.2 Å². The van der Waals surface area contributed by atoms with E-state index >= 15 is 0 Å². The van der Waals surface area contributed by atoms with Crippen molar-refractivity contribution in [1.29, 1.82) is 0 Å². The van der Waals surface area contributed by atoms with Crippen LogP contribution in [0.25, 0.3) is 0 Å². The van der Waals surface area contributed by atoms with E-state index in [0.717, 1.165) is 10.6 Å². The van der Waals surface area contributed by atoms with Crippen molar-refractivity contribution >= 4 is 40.8 Å². The number of ether oxygens (including phenoxy) is 1. The molecule has 32 heavy (non-hydrogen) atoms. The first-order valence-electron chi connectivity index (χ1n) is 9.86. The highest BCUT2D eigenvalue weighted by molar-refractivity contribution is 6.33. The number of nitrogens with one attached hydrogen (secondary N) is 1. The SMILES string of the molecule is COC(=O)CC(c1ccc(Cl)c(NC(=O)CCC(F)(F)F)c1)C(C)C.Clc1ccccc1. The van der Waals surface area contributed by atoms with Crippen LogP contribution >= 0.6 is 23.2 Å². The van der Waals surface area contributed by atoms with E-state index in [9.17, 15) is 22.8 Å². The summed E-state index contributed by atoms with van der Waals surface area (Å²) < 4.78 is 41.3. The van der Waals surface area contributed by atoms with Crippen LogP contribution in [0.1, 0.15) is 44.6 Å². The maximum Gasteiger partial charge on any atom is 0.389 e. The molecule has 176 valence electrons. The van der Waals surface area contributed by atoms with Crippen LogP contribution in [0.15, 0.2) is 48.5 Å². The minimum absolute atomic E-state index is 0.106. The zero-order valence-electron chi connectivity index (χ0n) is 18.0. The average molecular weight is 492 g/mol. The van der Waals surface area contributed by atoms with Gasteiger partial charge < -0.3 is 10.1 Å². The fraction of sp³-hybridized carbons (Fsp3) is 0.391. The minimum Gasteiger partial charge on any atom is -0.469 e. The van der Waals surface area contributed by atoms with Crippen LogP contribution in [0.3, 0.4) is 0 Å². The Balaban J connectivity index is 0.000000616. The number of carbonyl (C=O) groups is 2. The Bertz CT molecular complexity index is 875. The van der Waals surface area contributed by atoms with Gasteiger partial charge in [0.1, 0.15) is 0 Å². The highest BCUT2D eigenvalue weighted by Gasteiger charge is 2.28. The summed E-state index contributed by atoms with van der Waals surface area (Å²) in [7, 11) is 1.30. The molecule has 1 atom stereocenters. The Morgan fingerprint density at radius 1 is 1.06 bits per heavy atom. The molecule has 0 bridgehead atoms. The van der Waals surface area contributed by atoms with Gasteiger partial charge in [-0.25, -0.2) is 0 Å². The van der Waals surface area contributed by atoms with Gasteiger partial charge in [-0.3, -0.25) is 9.59 Å². The quantitative estimate of drug-likeness (QED) is 0.414. The third kappa shape index (κ3) is 10.9. The minimum atomic E-state index is -4.40. The smallest absolute Gasteiger partial charge is 0.389 e. The topological polar surface area (TPSA) is 55.4 Å². The van der Waals surface area contributed by atoms with Gasteiger partial charge >= 0.3 is 12.1 Å². The van der Waals surface area contributed by atoms with Gasteiger partial charge in [-0.05, 0) is 41.7 Å². The van der Waals surface area contributed by atoms with E-state index < -0.39 is 24.9 Å². The Hall–Kier alpha value is -2.25. The molecule has 0 saturated heterocycles. The molecule has 1 unspecified atom stereocenters. The fourth-order valence-electron chi connectivity index (χ4n) is 2.75. The second kappa shape index (κ2) is 13.3. The average Bonchev–Trinajstić information content (AvgIpc) is 2.72.